The number of rotatable bonds is 5. The Morgan fingerprint density at radius 3 is 2.64 bits per heavy atom. The minimum atomic E-state index is -1.14. The van der Waals surface area contributed by atoms with E-state index in [1.54, 1.807) is 6.08 Å². The Labute approximate surface area is 152 Å². The molecule has 0 aliphatic carbocycles. The molecule has 0 radical (unpaired) electrons. The molecule has 7 heteroatoms. The van der Waals surface area contributed by atoms with Gasteiger partial charge in [0.1, 0.15) is 6.33 Å². The molecule has 6 nitrogen and oxygen atoms in total. The van der Waals surface area contributed by atoms with Crippen LogP contribution in [-0.4, -0.2) is 26.8 Å². The lowest BCUT2D eigenvalue weighted by Crippen LogP contribution is -2.12. The van der Waals surface area contributed by atoms with Gasteiger partial charge >= 0.3 is 5.97 Å². The van der Waals surface area contributed by atoms with Gasteiger partial charge < -0.3 is 5.11 Å². The third kappa shape index (κ3) is 4.27. The van der Waals surface area contributed by atoms with Crippen LogP contribution in [0.3, 0.4) is 0 Å². The zero-order valence-corrected chi connectivity index (χ0v) is 14.5. The number of carboxylic acids is 1. The van der Waals surface area contributed by atoms with E-state index in [4.69, 9.17) is 0 Å². The van der Waals surface area contributed by atoms with E-state index in [-0.39, 0.29) is 5.71 Å². The number of hydrazone groups is 1. The fourth-order valence-corrected chi connectivity index (χ4v) is 2.38. The molecule has 0 atom stereocenters. The van der Waals surface area contributed by atoms with Crippen LogP contribution in [0.1, 0.15) is 5.56 Å². The third-order valence-electron chi connectivity index (χ3n) is 3.35. The Hall–Kier alpha value is -3.06. The summed E-state index contributed by atoms with van der Waals surface area (Å²) in [5.41, 5.74) is 4.19. The molecule has 3 aromatic rings. The Balaban J connectivity index is 1.85. The molecule has 2 aromatic carbocycles. The highest BCUT2D eigenvalue weighted by Crippen LogP contribution is 2.18. The number of halogens is 1. The van der Waals surface area contributed by atoms with E-state index in [2.05, 4.69) is 36.4 Å². The summed E-state index contributed by atoms with van der Waals surface area (Å²) in [5, 5.41) is 14.0. The van der Waals surface area contributed by atoms with E-state index >= 15 is 0 Å². The average molecular weight is 397 g/mol. The van der Waals surface area contributed by atoms with E-state index < -0.39 is 5.97 Å². The number of nitrogens with one attached hydrogen (secondary N) is 1. The van der Waals surface area contributed by atoms with E-state index in [1.165, 1.54) is 12.4 Å². The highest BCUT2D eigenvalue weighted by Gasteiger charge is 2.07. The van der Waals surface area contributed by atoms with E-state index in [9.17, 15) is 9.90 Å². The number of para-hydroxylation sites is 1. The van der Waals surface area contributed by atoms with Gasteiger partial charge in [0.05, 0.1) is 5.52 Å². The van der Waals surface area contributed by atoms with Gasteiger partial charge in [-0.3, -0.25) is 5.43 Å². The maximum absolute atomic E-state index is 11.4. The van der Waals surface area contributed by atoms with Crippen molar-refractivity contribution in [1.29, 1.82) is 0 Å². The van der Waals surface area contributed by atoms with Crippen LogP contribution in [0.5, 0.6) is 0 Å². The number of carboxylic acid groups (broad SMARTS) is 1. The number of benzene rings is 2. The summed E-state index contributed by atoms with van der Waals surface area (Å²) in [7, 11) is 0. The summed E-state index contributed by atoms with van der Waals surface area (Å²) in [6, 6.07) is 14.9. The van der Waals surface area contributed by atoms with Crippen molar-refractivity contribution in [3.63, 3.8) is 0 Å². The fourth-order valence-electron chi connectivity index (χ4n) is 2.11. The molecule has 25 heavy (non-hydrogen) atoms. The summed E-state index contributed by atoms with van der Waals surface area (Å²) < 4.78 is 0.953. The first-order valence-electron chi connectivity index (χ1n) is 7.34. The molecular weight excluding hydrogens is 384 g/mol. The molecule has 0 saturated carbocycles. The van der Waals surface area contributed by atoms with E-state index in [1.807, 2.05) is 48.5 Å². The summed E-state index contributed by atoms with van der Waals surface area (Å²) in [4.78, 5) is 19.7. The Bertz CT molecular complexity index is 963. The van der Waals surface area contributed by atoms with Crippen LogP contribution >= 0.6 is 15.9 Å². The Morgan fingerprint density at radius 2 is 1.88 bits per heavy atom. The van der Waals surface area contributed by atoms with E-state index in [0.717, 1.165) is 20.9 Å². The standard InChI is InChI=1S/C18H13BrN4O2/c19-13-8-5-12(6-9-13)7-10-16(18(24)25)22-23-17-14-3-1-2-4-15(14)20-11-21-17/h1-11H,(H,24,25)(H,20,21,23)/b10-7+,22-16?. The molecule has 0 aliphatic heterocycles. The van der Waals surface area contributed by atoms with Crippen molar-refractivity contribution < 1.29 is 9.90 Å². The smallest absolute Gasteiger partial charge is 0.356 e. The minimum Gasteiger partial charge on any atom is -0.476 e. The largest absolute Gasteiger partial charge is 0.476 e. The summed E-state index contributed by atoms with van der Waals surface area (Å²) in [6.07, 6.45) is 4.51. The van der Waals surface area contributed by atoms with Crippen LogP contribution in [0.4, 0.5) is 5.82 Å². The maximum atomic E-state index is 11.4. The van der Waals surface area contributed by atoms with Gasteiger partial charge in [-0.1, -0.05) is 46.3 Å². The zero-order valence-electron chi connectivity index (χ0n) is 12.9. The van der Waals surface area contributed by atoms with Crippen LogP contribution in [0.25, 0.3) is 17.0 Å². The van der Waals surface area contributed by atoms with Gasteiger partial charge in [0.25, 0.3) is 0 Å². The van der Waals surface area contributed by atoms with Crippen LogP contribution in [0, 0.1) is 0 Å². The first-order valence-corrected chi connectivity index (χ1v) is 8.13. The number of fused-ring (bicyclic) bond motifs is 1. The van der Waals surface area contributed by atoms with Crippen molar-refractivity contribution in [2.24, 2.45) is 5.10 Å². The number of hydrogen-bond acceptors (Lipinski definition) is 5. The number of nitrogens with zero attached hydrogens (tertiary/aromatic N) is 3. The van der Waals surface area contributed by atoms with Crippen LogP contribution in [0.2, 0.25) is 0 Å². The van der Waals surface area contributed by atoms with Crippen LogP contribution in [0.15, 0.2) is 70.5 Å². The third-order valence-corrected chi connectivity index (χ3v) is 3.88. The van der Waals surface area contributed by atoms with Crippen LogP contribution < -0.4 is 5.43 Å². The number of aromatic nitrogens is 2. The summed E-state index contributed by atoms with van der Waals surface area (Å²) in [5.74, 6) is -0.694. The molecule has 124 valence electrons. The predicted octanol–water partition coefficient (Wildman–Crippen LogP) is 3.96. The molecule has 1 aromatic heterocycles. The van der Waals surface area contributed by atoms with Crippen LogP contribution in [-0.2, 0) is 4.79 Å². The van der Waals surface area contributed by atoms with Crippen molar-refractivity contribution in [2.45, 2.75) is 0 Å². The quantitative estimate of drug-likeness (QED) is 0.503. The summed E-state index contributed by atoms with van der Waals surface area (Å²) in [6.45, 7) is 0. The van der Waals surface area contributed by atoms with Crippen molar-refractivity contribution in [1.82, 2.24) is 9.97 Å². The van der Waals surface area contributed by atoms with Gasteiger partial charge in [0.2, 0.25) is 0 Å². The first-order chi connectivity index (χ1) is 12.1. The highest BCUT2D eigenvalue weighted by molar-refractivity contribution is 9.10. The molecular formula is C18H13BrN4O2. The lowest BCUT2D eigenvalue weighted by atomic mass is 10.2. The topological polar surface area (TPSA) is 87.5 Å². The van der Waals surface area contributed by atoms with Gasteiger partial charge in [-0.15, -0.1) is 0 Å². The predicted molar refractivity (Wildman–Crippen MR) is 101 cm³/mol. The Morgan fingerprint density at radius 1 is 1.12 bits per heavy atom. The van der Waals surface area contributed by atoms with Crippen molar-refractivity contribution in [2.75, 3.05) is 5.43 Å². The molecule has 0 spiro atoms. The molecule has 2 N–H and O–H groups in total. The molecule has 0 amide bonds. The van der Waals surface area contributed by atoms with Gasteiger partial charge in [-0.05, 0) is 35.9 Å². The first kappa shape index (κ1) is 16.8. The molecule has 0 fully saturated rings. The SMILES string of the molecule is O=C(O)C(/C=C/c1ccc(Br)cc1)=NNc1ncnc2ccccc12. The van der Waals surface area contributed by atoms with Gasteiger partial charge in [-0.2, -0.15) is 5.10 Å². The maximum Gasteiger partial charge on any atom is 0.356 e. The fraction of sp³-hybridized carbons (Fsp3) is 0. The minimum absolute atomic E-state index is 0.134. The van der Waals surface area contributed by atoms with Crippen molar-refractivity contribution in [3.8, 4) is 0 Å². The second-order valence-electron chi connectivity index (χ2n) is 5.04. The normalized spacial score (nSPS) is 11.8. The molecule has 1 heterocycles. The van der Waals surface area contributed by atoms with E-state index in [0.29, 0.717) is 5.82 Å². The second kappa shape index (κ2) is 7.67. The second-order valence-corrected chi connectivity index (χ2v) is 5.95. The highest BCUT2D eigenvalue weighted by atomic mass is 79.9. The van der Waals surface area contributed by atoms with Crippen molar-refractivity contribution in [3.05, 3.63) is 71.0 Å². The lowest BCUT2D eigenvalue weighted by Gasteiger charge is -2.04. The molecule has 0 bridgehead atoms. The van der Waals surface area contributed by atoms with Gasteiger partial charge in [0.15, 0.2) is 11.5 Å². The zero-order chi connectivity index (χ0) is 17.6. The lowest BCUT2D eigenvalue weighted by molar-refractivity contribution is -0.129. The molecule has 0 unspecified atom stereocenters. The number of aliphatic carboxylic acids is 1. The molecule has 3 rings (SSSR count). The number of carbonyl (C=O) groups is 1. The molecule has 0 aliphatic rings. The monoisotopic (exact) mass is 396 g/mol. The average Bonchev–Trinajstić information content (AvgIpc) is 2.63. The molecule has 0 saturated heterocycles. The van der Waals surface area contributed by atoms with Gasteiger partial charge in [0, 0.05) is 9.86 Å². The number of anilines is 1. The van der Waals surface area contributed by atoms with Crippen molar-refractivity contribution >= 4 is 50.4 Å². The number of hydrogen-bond donors (Lipinski definition) is 2. The van der Waals surface area contributed by atoms with Gasteiger partial charge in [-0.25, -0.2) is 14.8 Å². The Kier molecular flexibility index (Phi) is 5.15. The summed E-state index contributed by atoms with van der Waals surface area (Å²) >= 11 is 3.36.